The number of anilines is 1. The Kier molecular flexibility index (Phi) is 4.02. The van der Waals surface area contributed by atoms with Crippen molar-refractivity contribution in [2.75, 3.05) is 18.8 Å². The summed E-state index contributed by atoms with van der Waals surface area (Å²) in [4.78, 5) is 27.9. The summed E-state index contributed by atoms with van der Waals surface area (Å²) in [7, 11) is 0. The monoisotopic (exact) mass is 380 g/mol. The zero-order valence-electron chi connectivity index (χ0n) is 14.8. The van der Waals surface area contributed by atoms with Crippen molar-refractivity contribution in [2.24, 2.45) is 5.92 Å². The summed E-state index contributed by atoms with van der Waals surface area (Å²) < 4.78 is 1.95. The van der Waals surface area contributed by atoms with E-state index in [9.17, 15) is 4.79 Å². The van der Waals surface area contributed by atoms with Gasteiger partial charge in [0.1, 0.15) is 17.2 Å². The lowest BCUT2D eigenvalue weighted by Gasteiger charge is -2.42. The van der Waals surface area contributed by atoms with Gasteiger partial charge < -0.3 is 10.3 Å². The Morgan fingerprint density at radius 2 is 2.07 bits per heavy atom. The highest BCUT2D eigenvalue weighted by molar-refractivity contribution is 7.09. The average molecular weight is 380 g/mol. The zero-order chi connectivity index (χ0) is 18.4. The number of pyridine rings is 1. The number of aromatic nitrogens is 4. The molecule has 27 heavy (non-hydrogen) atoms. The van der Waals surface area contributed by atoms with Crippen LogP contribution in [0.15, 0.2) is 40.9 Å². The average Bonchev–Trinajstić information content (AvgIpc) is 3.15. The van der Waals surface area contributed by atoms with E-state index in [1.807, 2.05) is 16.1 Å². The normalized spacial score (nSPS) is 21.8. The first-order chi connectivity index (χ1) is 13.2. The molecule has 0 spiro atoms. The molecule has 0 radical (unpaired) electrons. The van der Waals surface area contributed by atoms with E-state index in [-0.39, 0.29) is 5.56 Å². The second kappa shape index (κ2) is 6.54. The molecular weight excluding hydrogens is 360 g/mol. The molecule has 1 saturated heterocycles. The van der Waals surface area contributed by atoms with Gasteiger partial charge >= 0.3 is 0 Å². The van der Waals surface area contributed by atoms with Crippen molar-refractivity contribution in [2.45, 2.75) is 25.4 Å². The quantitative estimate of drug-likeness (QED) is 0.747. The minimum absolute atomic E-state index is 0.0442. The third-order valence-electron chi connectivity index (χ3n) is 5.46. The van der Waals surface area contributed by atoms with Gasteiger partial charge in [-0.05, 0) is 18.4 Å². The smallest absolute Gasteiger partial charge is 0.251 e. The predicted octanol–water partition coefficient (Wildman–Crippen LogP) is 1.96. The molecule has 2 N–H and O–H groups in total. The number of thiazole rings is 1. The van der Waals surface area contributed by atoms with Gasteiger partial charge in [-0.3, -0.25) is 9.69 Å². The molecule has 0 saturated carbocycles. The molecule has 0 amide bonds. The van der Waals surface area contributed by atoms with Gasteiger partial charge in [-0.2, -0.15) is 0 Å². The Hall–Kier alpha value is -2.58. The summed E-state index contributed by atoms with van der Waals surface area (Å²) in [6.07, 6.45) is 4.43. The van der Waals surface area contributed by atoms with E-state index in [1.54, 1.807) is 23.5 Å². The molecule has 3 aromatic heterocycles. The third kappa shape index (κ3) is 3.15. The number of likely N-dealkylation sites (tertiary alicyclic amines) is 1. The van der Waals surface area contributed by atoms with Crippen molar-refractivity contribution in [1.82, 2.24) is 24.4 Å². The summed E-state index contributed by atoms with van der Waals surface area (Å²) in [5, 5.41) is 3.17. The summed E-state index contributed by atoms with van der Waals surface area (Å²) in [6, 6.07) is 5.49. The Labute approximate surface area is 160 Å². The molecule has 0 aromatic carbocycles. The van der Waals surface area contributed by atoms with Gasteiger partial charge in [0.2, 0.25) is 0 Å². The minimum atomic E-state index is 0.0442. The molecule has 2 bridgehead atoms. The zero-order valence-corrected chi connectivity index (χ0v) is 15.6. The lowest BCUT2D eigenvalue weighted by atomic mass is 9.82. The van der Waals surface area contributed by atoms with E-state index in [0.29, 0.717) is 23.3 Å². The molecule has 5 heterocycles. The first-order valence-electron chi connectivity index (χ1n) is 9.09. The molecule has 2 aliphatic rings. The van der Waals surface area contributed by atoms with Crippen LogP contribution >= 0.6 is 11.3 Å². The highest BCUT2D eigenvalue weighted by Crippen LogP contribution is 2.37. The summed E-state index contributed by atoms with van der Waals surface area (Å²) >= 11 is 1.70. The number of rotatable bonds is 3. The predicted molar refractivity (Wildman–Crippen MR) is 104 cm³/mol. The molecular formula is C19H20N6OS. The number of piperidine rings is 1. The molecule has 7 nitrogen and oxygen atoms in total. The van der Waals surface area contributed by atoms with Crippen molar-refractivity contribution < 1.29 is 0 Å². The molecule has 138 valence electrons. The summed E-state index contributed by atoms with van der Waals surface area (Å²) in [5.74, 6) is 1.27. The standard InChI is InChI=1S/C19H20N6OS/c20-17-6-15(22-11-23-17)13-4-16-14-3-12(8-25(16)19(26)5-13)7-24(9-14)10-18-21-1-2-27-18/h1-2,4-6,11-12,14H,3,7-10H2,(H2,20,22,23)/t12-,14+/m0/s1. The van der Waals surface area contributed by atoms with Crippen LogP contribution in [0.3, 0.4) is 0 Å². The van der Waals surface area contributed by atoms with Gasteiger partial charge in [0, 0.05) is 60.5 Å². The van der Waals surface area contributed by atoms with Crippen LogP contribution in [0.1, 0.15) is 23.0 Å². The maximum atomic E-state index is 12.8. The van der Waals surface area contributed by atoms with Crippen LogP contribution in [-0.2, 0) is 13.1 Å². The van der Waals surface area contributed by atoms with Gasteiger partial charge in [-0.1, -0.05) is 0 Å². The first kappa shape index (κ1) is 16.6. The number of nitrogens with zero attached hydrogens (tertiary/aromatic N) is 5. The van der Waals surface area contributed by atoms with Crippen LogP contribution in [0, 0.1) is 5.92 Å². The van der Waals surface area contributed by atoms with Crippen LogP contribution in [0.25, 0.3) is 11.3 Å². The van der Waals surface area contributed by atoms with Crippen LogP contribution < -0.4 is 11.3 Å². The van der Waals surface area contributed by atoms with Gasteiger partial charge in [-0.25, -0.2) is 15.0 Å². The van der Waals surface area contributed by atoms with E-state index >= 15 is 0 Å². The second-order valence-electron chi connectivity index (χ2n) is 7.36. The van der Waals surface area contributed by atoms with Crippen LogP contribution in [-0.4, -0.2) is 37.5 Å². The van der Waals surface area contributed by atoms with Crippen molar-refractivity contribution >= 4 is 17.2 Å². The van der Waals surface area contributed by atoms with Gasteiger partial charge in [0.25, 0.3) is 5.56 Å². The highest BCUT2D eigenvalue weighted by atomic mass is 32.1. The Bertz CT molecular complexity index is 1030. The minimum Gasteiger partial charge on any atom is -0.384 e. The first-order valence-corrected chi connectivity index (χ1v) is 9.97. The van der Waals surface area contributed by atoms with Gasteiger partial charge in [0.15, 0.2) is 0 Å². The topological polar surface area (TPSA) is 89.9 Å². The summed E-state index contributed by atoms with van der Waals surface area (Å²) in [6.45, 7) is 3.64. The van der Waals surface area contributed by atoms with E-state index in [0.717, 1.165) is 48.9 Å². The van der Waals surface area contributed by atoms with Crippen molar-refractivity contribution in [3.05, 3.63) is 57.2 Å². The lowest BCUT2D eigenvalue weighted by molar-refractivity contribution is 0.114. The number of nitrogens with two attached hydrogens (primary N) is 1. The van der Waals surface area contributed by atoms with Gasteiger partial charge in [0.05, 0.1) is 12.2 Å². The maximum absolute atomic E-state index is 12.8. The Morgan fingerprint density at radius 3 is 2.89 bits per heavy atom. The molecule has 2 atom stereocenters. The Balaban J connectivity index is 1.49. The fraction of sp³-hybridized carbons (Fsp3) is 0.368. The lowest BCUT2D eigenvalue weighted by Crippen LogP contribution is -2.46. The van der Waals surface area contributed by atoms with Crippen molar-refractivity contribution in [3.8, 4) is 11.3 Å². The number of nitrogen functional groups attached to an aromatic ring is 1. The van der Waals surface area contributed by atoms with E-state index < -0.39 is 0 Å². The number of hydrogen-bond acceptors (Lipinski definition) is 7. The SMILES string of the molecule is Nc1cc(-c2cc3n(c(=O)c2)C[C@H]2C[C@@H]3CN(Cc3nccs3)C2)ncn1. The van der Waals surface area contributed by atoms with E-state index in [2.05, 4.69) is 25.9 Å². The number of hydrogen-bond donors (Lipinski definition) is 1. The van der Waals surface area contributed by atoms with Crippen molar-refractivity contribution in [1.29, 1.82) is 0 Å². The van der Waals surface area contributed by atoms with Crippen molar-refractivity contribution in [3.63, 3.8) is 0 Å². The largest absolute Gasteiger partial charge is 0.384 e. The van der Waals surface area contributed by atoms with Crippen LogP contribution in [0.2, 0.25) is 0 Å². The molecule has 0 aliphatic carbocycles. The van der Waals surface area contributed by atoms with Crippen LogP contribution in [0.4, 0.5) is 5.82 Å². The van der Waals surface area contributed by atoms with Crippen LogP contribution in [0.5, 0.6) is 0 Å². The summed E-state index contributed by atoms with van der Waals surface area (Å²) in [5.41, 5.74) is 8.45. The Morgan fingerprint density at radius 1 is 1.15 bits per heavy atom. The molecule has 0 unspecified atom stereocenters. The molecule has 3 aromatic rings. The highest BCUT2D eigenvalue weighted by Gasteiger charge is 2.35. The van der Waals surface area contributed by atoms with E-state index in [1.165, 1.54) is 6.33 Å². The maximum Gasteiger partial charge on any atom is 0.251 e. The van der Waals surface area contributed by atoms with E-state index in [4.69, 9.17) is 5.73 Å². The second-order valence-corrected chi connectivity index (χ2v) is 8.34. The molecule has 1 fully saturated rings. The van der Waals surface area contributed by atoms with Gasteiger partial charge in [-0.15, -0.1) is 11.3 Å². The molecule has 2 aliphatic heterocycles. The third-order valence-corrected chi connectivity index (χ3v) is 6.22. The molecule has 8 heteroatoms. The molecule has 5 rings (SSSR count). The number of fused-ring (bicyclic) bond motifs is 4. The fourth-order valence-electron chi connectivity index (χ4n) is 4.39. The fourth-order valence-corrected chi connectivity index (χ4v) is 5.05.